The Morgan fingerprint density at radius 2 is 1.90 bits per heavy atom. The molecule has 21 heavy (non-hydrogen) atoms. The van der Waals surface area contributed by atoms with E-state index in [4.69, 9.17) is 15.6 Å². The molecule has 2 unspecified atom stereocenters. The molecule has 0 aliphatic carbocycles. The molecule has 0 saturated carbocycles. The Bertz CT molecular complexity index is 569. The number of halogens is 1. The molecule has 0 amide bonds. The van der Waals surface area contributed by atoms with Gasteiger partial charge < -0.3 is 15.6 Å². The molecule has 0 aliphatic heterocycles. The Labute approximate surface area is 124 Å². The maximum Gasteiger partial charge on any atom is 0.139 e. The van der Waals surface area contributed by atoms with E-state index in [1.165, 1.54) is 12.1 Å². The van der Waals surface area contributed by atoms with Gasteiger partial charge in [0.25, 0.3) is 0 Å². The second kappa shape index (κ2) is 7.20. The van der Waals surface area contributed by atoms with Crippen LogP contribution >= 0.6 is 0 Å². The maximum absolute atomic E-state index is 13.3. The number of hydrogen-bond acceptors (Lipinski definition) is 3. The van der Waals surface area contributed by atoms with Crippen LogP contribution in [0.5, 0.6) is 5.75 Å². The first kappa shape index (κ1) is 15.5. The van der Waals surface area contributed by atoms with Crippen molar-refractivity contribution in [1.82, 2.24) is 0 Å². The number of ether oxygens (including phenoxy) is 1. The second-order valence-corrected chi connectivity index (χ2v) is 5.07. The molecule has 0 spiro atoms. The van der Waals surface area contributed by atoms with E-state index >= 15 is 0 Å². The van der Waals surface area contributed by atoms with Crippen LogP contribution in [0, 0.1) is 5.82 Å². The average Bonchev–Trinajstić information content (AvgIpc) is 2.46. The van der Waals surface area contributed by atoms with E-state index in [9.17, 15) is 4.39 Å². The molecule has 0 saturated heterocycles. The minimum absolute atomic E-state index is 0.117. The Morgan fingerprint density at radius 1 is 1.19 bits per heavy atom. The Morgan fingerprint density at radius 3 is 2.48 bits per heavy atom. The minimum Gasteiger partial charge on any atom is -0.484 e. The maximum atomic E-state index is 13.3. The number of rotatable bonds is 6. The van der Waals surface area contributed by atoms with Crippen molar-refractivity contribution >= 4 is 0 Å². The van der Waals surface area contributed by atoms with E-state index in [1.807, 2.05) is 31.2 Å². The largest absolute Gasteiger partial charge is 0.484 e. The van der Waals surface area contributed by atoms with Gasteiger partial charge in [0, 0.05) is 12.6 Å². The summed E-state index contributed by atoms with van der Waals surface area (Å²) in [5, 5.41) is 8.90. The predicted molar refractivity (Wildman–Crippen MR) is 80.7 cm³/mol. The van der Waals surface area contributed by atoms with Gasteiger partial charge in [0.15, 0.2) is 0 Å². The molecule has 2 aromatic rings. The normalized spacial score (nSPS) is 13.7. The Balaban J connectivity index is 2.16. The standard InChI is InChI=1S/C17H20FNO2/c1-12(19)17(14-3-2-4-15(18)11-14)21-16-7-5-13(6-8-16)9-10-20/h2-8,11-12,17,20H,9-10,19H2,1H3. The molecule has 0 aromatic heterocycles. The molecule has 2 rings (SSSR count). The molecule has 112 valence electrons. The minimum atomic E-state index is -0.413. The fraction of sp³-hybridized carbons (Fsp3) is 0.294. The molecule has 0 heterocycles. The lowest BCUT2D eigenvalue weighted by atomic mass is 10.0. The van der Waals surface area contributed by atoms with Crippen LogP contribution < -0.4 is 10.5 Å². The summed E-state index contributed by atoms with van der Waals surface area (Å²) >= 11 is 0. The fourth-order valence-electron chi connectivity index (χ4n) is 2.17. The van der Waals surface area contributed by atoms with Crippen LogP contribution in [0.15, 0.2) is 48.5 Å². The monoisotopic (exact) mass is 289 g/mol. The summed E-state index contributed by atoms with van der Waals surface area (Å²) in [7, 11) is 0. The van der Waals surface area contributed by atoms with Gasteiger partial charge in [-0.2, -0.15) is 0 Å². The number of nitrogens with two attached hydrogens (primary N) is 1. The van der Waals surface area contributed by atoms with Gasteiger partial charge in [-0.3, -0.25) is 0 Å². The molecule has 2 aromatic carbocycles. The van der Waals surface area contributed by atoms with Crippen LogP contribution in [0.3, 0.4) is 0 Å². The van der Waals surface area contributed by atoms with Gasteiger partial charge in [0.2, 0.25) is 0 Å². The van der Waals surface area contributed by atoms with Gasteiger partial charge in [-0.1, -0.05) is 24.3 Å². The van der Waals surface area contributed by atoms with Crippen LogP contribution in [0.2, 0.25) is 0 Å². The first-order chi connectivity index (χ1) is 10.1. The van der Waals surface area contributed by atoms with E-state index in [0.29, 0.717) is 17.7 Å². The van der Waals surface area contributed by atoms with E-state index < -0.39 is 6.10 Å². The zero-order chi connectivity index (χ0) is 15.2. The van der Waals surface area contributed by atoms with Gasteiger partial charge in [-0.25, -0.2) is 4.39 Å². The summed E-state index contributed by atoms with van der Waals surface area (Å²) in [6, 6.07) is 13.5. The number of aliphatic hydroxyl groups is 1. The number of aliphatic hydroxyl groups excluding tert-OH is 1. The highest BCUT2D eigenvalue weighted by atomic mass is 19.1. The first-order valence-corrected chi connectivity index (χ1v) is 6.97. The molecule has 2 atom stereocenters. The van der Waals surface area contributed by atoms with E-state index in [-0.39, 0.29) is 18.5 Å². The topological polar surface area (TPSA) is 55.5 Å². The Hall–Kier alpha value is -1.91. The second-order valence-electron chi connectivity index (χ2n) is 5.07. The lowest BCUT2D eigenvalue weighted by molar-refractivity contribution is 0.180. The van der Waals surface area contributed by atoms with Crippen molar-refractivity contribution in [2.45, 2.75) is 25.5 Å². The summed E-state index contributed by atoms with van der Waals surface area (Å²) < 4.78 is 19.2. The van der Waals surface area contributed by atoms with Gasteiger partial charge in [-0.05, 0) is 48.7 Å². The average molecular weight is 289 g/mol. The van der Waals surface area contributed by atoms with E-state index in [1.54, 1.807) is 12.1 Å². The molecule has 0 bridgehead atoms. The first-order valence-electron chi connectivity index (χ1n) is 6.97. The van der Waals surface area contributed by atoms with Crippen molar-refractivity contribution in [3.8, 4) is 5.75 Å². The molecule has 3 N–H and O–H groups in total. The number of benzene rings is 2. The van der Waals surface area contributed by atoms with Crippen LogP contribution in [0.25, 0.3) is 0 Å². The van der Waals surface area contributed by atoms with Crippen LogP contribution in [-0.2, 0) is 6.42 Å². The van der Waals surface area contributed by atoms with Crippen molar-refractivity contribution in [1.29, 1.82) is 0 Å². The molecule has 0 radical (unpaired) electrons. The van der Waals surface area contributed by atoms with Crippen molar-refractivity contribution in [2.75, 3.05) is 6.61 Å². The van der Waals surface area contributed by atoms with Crippen LogP contribution in [-0.4, -0.2) is 17.8 Å². The van der Waals surface area contributed by atoms with Crippen molar-refractivity contribution in [3.63, 3.8) is 0 Å². The lowest BCUT2D eigenvalue weighted by Gasteiger charge is -2.23. The summed E-state index contributed by atoms with van der Waals surface area (Å²) in [6.07, 6.45) is 0.199. The van der Waals surface area contributed by atoms with E-state index in [0.717, 1.165) is 5.56 Å². The third kappa shape index (κ3) is 4.28. The van der Waals surface area contributed by atoms with Gasteiger partial charge in [0.1, 0.15) is 17.7 Å². The molecule has 0 fully saturated rings. The highest BCUT2D eigenvalue weighted by molar-refractivity contribution is 5.29. The van der Waals surface area contributed by atoms with E-state index in [2.05, 4.69) is 0 Å². The molecule has 4 heteroatoms. The lowest BCUT2D eigenvalue weighted by Crippen LogP contribution is -2.29. The highest BCUT2D eigenvalue weighted by Crippen LogP contribution is 2.25. The molecular weight excluding hydrogens is 269 g/mol. The van der Waals surface area contributed by atoms with Crippen LogP contribution in [0.4, 0.5) is 4.39 Å². The van der Waals surface area contributed by atoms with Crippen molar-refractivity contribution in [2.24, 2.45) is 5.73 Å². The third-order valence-corrected chi connectivity index (χ3v) is 3.24. The van der Waals surface area contributed by atoms with Crippen LogP contribution in [0.1, 0.15) is 24.2 Å². The quantitative estimate of drug-likeness (QED) is 0.859. The molecule has 3 nitrogen and oxygen atoms in total. The predicted octanol–water partition coefficient (Wildman–Crippen LogP) is 2.83. The van der Waals surface area contributed by atoms with Gasteiger partial charge in [0.05, 0.1) is 0 Å². The highest BCUT2D eigenvalue weighted by Gasteiger charge is 2.18. The summed E-state index contributed by atoms with van der Waals surface area (Å²) in [5.41, 5.74) is 7.71. The third-order valence-electron chi connectivity index (χ3n) is 3.24. The zero-order valence-electron chi connectivity index (χ0n) is 12.0. The SMILES string of the molecule is CC(N)C(Oc1ccc(CCO)cc1)c1cccc(F)c1. The van der Waals surface area contributed by atoms with Gasteiger partial charge in [-0.15, -0.1) is 0 Å². The Kier molecular flexibility index (Phi) is 5.31. The number of hydrogen-bond donors (Lipinski definition) is 2. The molecular formula is C17H20FNO2. The molecule has 0 aliphatic rings. The van der Waals surface area contributed by atoms with Crippen molar-refractivity contribution in [3.05, 3.63) is 65.5 Å². The summed E-state index contributed by atoms with van der Waals surface area (Å²) in [4.78, 5) is 0. The van der Waals surface area contributed by atoms with Crippen molar-refractivity contribution < 1.29 is 14.2 Å². The fourth-order valence-corrected chi connectivity index (χ4v) is 2.17. The summed E-state index contributed by atoms with van der Waals surface area (Å²) in [5.74, 6) is 0.364. The zero-order valence-corrected chi connectivity index (χ0v) is 12.0. The summed E-state index contributed by atoms with van der Waals surface area (Å²) in [6.45, 7) is 1.95. The van der Waals surface area contributed by atoms with Gasteiger partial charge >= 0.3 is 0 Å². The smallest absolute Gasteiger partial charge is 0.139 e.